The molecule has 1 aliphatic heterocycles. The van der Waals surface area contributed by atoms with Crippen molar-refractivity contribution in [2.45, 2.75) is 13.8 Å². The van der Waals surface area contributed by atoms with Gasteiger partial charge in [0.2, 0.25) is 5.91 Å². The molecule has 0 aliphatic carbocycles. The molecule has 9 heteroatoms. The molecule has 1 N–H and O–H groups in total. The van der Waals surface area contributed by atoms with Crippen molar-refractivity contribution in [2.75, 3.05) is 36.4 Å². The summed E-state index contributed by atoms with van der Waals surface area (Å²) in [4.78, 5) is 38.7. The van der Waals surface area contributed by atoms with Gasteiger partial charge in [0.05, 0.1) is 15.6 Å². The molecule has 2 aromatic rings. The van der Waals surface area contributed by atoms with Crippen LogP contribution in [0.15, 0.2) is 42.5 Å². The van der Waals surface area contributed by atoms with E-state index in [-0.39, 0.29) is 23.4 Å². The van der Waals surface area contributed by atoms with E-state index >= 15 is 0 Å². The van der Waals surface area contributed by atoms with Crippen LogP contribution >= 0.6 is 11.6 Å². The molecule has 0 spiro atoms. The number of nitrogens with one attached hydrogen (secondary N) is 1. The lowest BCUT2D eigenvalue weighted by Crippen LogP contribution is -2.50. The largest absolute Gasteiger partial charge is 0.367 e. The molecule has 1 heterocycles. The van der Waals surface area contributed by atoms with Crippen molar-refractivity contribution < 1.29 is 14.5 Å². The SMILES string of the molecule is CC(C)C(=O)N1CCN(c2ccc(NC(=O)c3ccc([N+](=O)[O-])cc3)cc2Cl)CC1. The van der Waals surface area contributed by atoms with Gasteiger partial charge in [-0.2, -0.15) is 0 Å². The summed E-state index contributed by atoms with van der Waals surface area (Å²) in [6.07, 6.45) is 0. The number of anilines is 2. The normalized spacial score (nSPS) is 14.0. The van der Waals surface area contributed by atoms with E-state index in [1.54, 1.807) is 12.1 Å². The Balaban J connectivity index is 1.63. The molecule has 0 radical (unpaired) electrons. The Kier molecular flexibility index (Phi) is 6.56. The lowest BCUT2D eigenvalue weighted by atomic mass is 10.1. The minimum absolute atomic E-state index is 0.0150. The highest BCUT2D eigenvalue weighted by Crippen LogP contribution is 2.30. The minimum atomic E-state index is -0.515. The summed E-state index contributed by atoms with van der Waals surface area (Å²) in [6, 6.07) is 10.7. The Morgan fingerprint density at radius 3 is 2.23 bits per heavy atom. The van der Waals surface area contributed by atoms with Crippen molar-refractivity contribution >= 4 is 40.5 Å². The zero-order valence-corrected chi connectivity index (χ0v) is 17.6. The van der Waals surface area contributed by atoms with Gasteiger partial charge in [0.1, 0.15) is 0 Å². The van der Waals surface area contributed by atoms with Crippen molar-refractivity contribution in [3.63, 3.8) is 0 Å². The van der Waals surface area contributed by atoms with Crippen LogP contribution in [0.1, 0.15) is 24.2 Å². The van der Waals surface area contributed by atoms with Crippen molar-refractivity contribution in [3.8, 4) is 0 Å². The van der Waals surface area contributed by atoms with Gasteiger partial charge in [-0.05, 0) is 30.3 Å². The van der Waals surface area contributed by atoms with Crippen molar-refractivity contribution in [3.05, 3.63) is 63.2 Å². The number of non-ortho nitro benzene ring substituents is 1. The van der Waals surface area contributed by atoms with Crippen molar-refractivity contribution in [1.82, 2.24) is 4.90 Å². The number of rotatable bonds is 5. The Morgan fingerprint density at radius 2 is 1.70 bits per heavy atom. The van der Waals surface area contributed by atoms with Crippen molar-refractivity contribution in [2.24, 2.45) is 5.92 Å². The molecule has 2 amide bonds. The fourth-order valence-electron chi connectivity index (χ4n) is 3.31. The molecule has 158 valence electrons. The van der Waals surface area contributed by atoms with E-state index in [1.807, 2.05) is 24.8 Å². The number of hydrogen-bond acceptors (Lipinski definition) is 5. The van der Waals surface area contributed by atoms with E-state index in [1.165, 1.54) is 24.3 Å². The molecule has 1 fully saturated rings. The van der Waals surface area contributed by atoms with Gasteiger partial charge in [-0.1, -0.05) is 25.4 Å². The van der Waals surface area contributed by atoms with Crippen molar-refractivity contribution in [1.29, 1.82) is 0 Å². The summed E-state index contributed by atoms with van der Waals surface area (Å²) in [5.74, 6) is -0.238. The molecule has 0 unspecified atom stereocenters. The number of carbonyl (C=O) groups excluding carboxylic acids is 2. The highest BCUT2D eigenvalue weighted by atomic mass is 35.5. The smallest absolute Gasteiger partial charge is 0.269 e. The van der Waals surface area contributed by atoms with Gasteiger partial charge >= 0.3 is 0 Å². The fourth-order valence-corrected chi connectivity index (χ4v) is 3.61. The lowest BCUT2D eigenvalue weighted by Gasteiger charge is -2.37. The van der Waals surface area contributed by atoms with Gasteiger partial charge in [0.15, 0.2) is 0 Å². The first-order valence-corrected chi connectivity index (χ1v) is 10.0. The van der Waals surface area contributed by atoms with E-state index in [0.717, 1.165) is 5.69 Å². The first kappa shape index (κ1) is 21.6. The van der Waals surface area contributed by atoms with E-state index in [9.17, 15) is 19.7 Å². The molecule has 8 nitrogen and oxygen atoms in total. The second-order valence-corrected chi connectivity index (χ2v) is 7.80. The van der Waals surface area contributed by atoms with Crippen LogP contribution in [0.25, 0.3) is 0 Å². The van der Waals surface area contributed by atoms with Crippen LogP contribution in [-0.2, 0) is 4.79 Å². The molecular formula is C21H23ClN4O4. The maximum absolute atomic E-state index is 12.4. The molecular weight excluding hydrogens is 408 g/mol. The van der Waals surface area contributed by atoms with Gasteiger partial charge < -0.3 is 15.1 Å². The third kappa shape index (κ3) is 4.88. The molecule has 0 saturated carbocycles. The number of benzene rings is 2. The number of nitro groups is 1. The number of piperazine rings is 1. The Labute approximate surface area is 179 Å². The number of amides is 2. The molecule has 1 saturated heterocycles. The number of halogens is 1. The quantitative estimate of drug-likeness (QED) is 0.574. The zero-order chi connectivity index (χ0) is 21.8. The van der Waals surface area contributed by atoms with Gasteiger partial charge in [0.25, 0.3) is 11.6 Å². The first-order valence-electron chi connectivity index (χ1n) is 9.65. The van der Waals surface area contributed by atoms with Crippen LogP contribution in [0.4, 0.5) is 17.1 Å². The third-order valence-corrected chi connectivity index (χ3v) is 5.27. The van der Waals surface area contributed by atoms with Crippen LogP contribution < -0.4 is 10.2 Å². The Morgan fingerprint density at radius 1 is 1.07 bits per heavy atom. The van der Waals surface area contributed by atoms with Crippen LogP contribution in [0.3, 0.4) is 0 Å². The average molecular weight is 431 g/mol. The second-order valence-electron chi connectivity index (χ2n) is 7.39. The van der Waals surface area contributed by atoms with E-state index in [0.29, 0.717) is 42.5 Å². The molecule has 0 bridgehead atoms. The number of carbonyl (C=O) groups is 2. The number of hydrogen-bond donors (Lipinski definition) is 1. The first-order chi connectivity index (χ1) is 14.3. The average Bonchev–Trinajstić information content (AvgIpc) is 2.73. The lowest BCUT2D eigenvalue weighted by molar-refractivity contribution is -0.384. The van der Waals surface area contributed by atoms with E-state index in [4.69, 9.17) is 11.6 Å². The summed E-state index contributed by atoms with van der Waals surface area (Å²) in [6.45, 7) is 6.46. The number of nitro benzene ring substituents is 1. The molecule has 1 aliphatic rings. The fraction of sp³-hybridized carbons (Fsp3) is 0.333. The second kappa shape index (κ2) is 9.13. The summed E-state index contributed by atoms with van der Waals surface area (Å²) in [7, 11) is 0. The van der Waals surface area contributed by atoms with E-state index in [2.05, 4.69) is 10.2 Å². The minimum Gasteiger partial charge on any atom is -0.367 e. The zero-order valence-electron chi connectivity index (χ0n) is 16.8. The maximum Gasteiger partial charge on any atom is 0.269 e. The molecule has 3 rings (SSSR count). The summed E-state index contributed by atoms with van der Waals surface area (Å²) in [5, 5.41) is 14.0. The van der Waals surface area contributed by atoms with Gasteiger partial charge in [-0.3, -0.25) is 19.7 Å². The predicted octanol–water partition coefficient (Wildman–Crippen LogP) is 3.81. The standard InChI is InChI=1S/C21H23ClN4O4/c1-14(2)21(28)25-11-9-24(10-12-25)19-8-5-16(13-18(19)22)23-20(27)15-3-6-17(7-4-15)26(29)30/h3-8,13-14H,9-12H2,1-2H3,(H,23,27). The van der Waals surface area contributed by atoms with Crippen LogP contribution in [0, 0.1) is 16.0 Å². The Hall–Kier alpha value is -3.13. The van der Waals surface area contributed by atoms with Gasteiger partial charge in [0, 0.05) is 55.5 Å². The molecule has 0 atom stereocenters. The molecule has 0 aromatic heterocycles. The molecule has 2 aromatic carbocycles. The summed E-state index contributed by atoms with van der Waals surface area (Å²) < 4.78 is 0. The number of nitrogens with zero attached hydrogens (tertiary/aromatic N) is 3. The van der Waals surface area contributed by atoms with Gasteiger partial charge in [-0.25, -0.2) is 0 Å². The highest BCUT2D eigenvalue weighted by molar-refractivity contribution is 6.33. The van der Waals surface area contributed by atoms with Crippen LogP contribution in [0.5, 0.6) is 0 Å². The predicted molar refractivity (Wildman–Crippen MR) is 116 cm³/mol. The Bertz CT molecular complexity index is 954. The topological polar surface area (TPSA) is 95.8 Å². The highest BCUT2D eigenvalue weighted by Gasteiger charge is 2.24. The summed E-state index contributed by atoms with van der Waals surface area (Å²) >= 11 is 6.45. The van der Waals surface area contributed by atoms with Gasteiger partial charge in [-0.15, -0.1) is 0 Å². The third-order valence-electron chi connectivity index (χ3n) is 4.97. The van der Waals surface area contributed by atoms with E-state index < -0.39 is 4.92 Å². The monoisotopic (exact) mass is 430 g/mol. The van der Waals surface area contributed by atoms with Crippen LogP contribution in [0.2, 0.25) is 5.02 Å². The van der Waals surface area contributed by atoms with Crippen LogP contribution in [-0.4, -0.2) is 47.8 Å². The summed E-state index contributed by atoms with van der Waals surface area (Å²) in [5.41, 5.74) is 1.61. The maximum atomic E-state index is 12.4. The molecule has 30 heavy (non-hydrogen) atoms.